The van der Waals surface area contributed by atoms with Crippen LogP contribution in [0.25, 0.3) is 11.0 Å². The summed E-state index contributed by atoms with van der Waals surface area (Å²) in [5, 5.41) is 20.8. The summed E-state index contributed by atoms with van der Waals surface area (Å²) in [6.45, 7) is 5.57. The molecule has 0 bridgehead atoms. The number of ether oxygens (including phenoxy) is 3. The fraction of sp³-hybridized carbons (Fsp3) is 0.400. The van der Waals surface area contributed by atoms with E-state index in [1.165, 1.54) is 19.1 Å². The lowest BCUT2D eigenvalue weighted by molar-refractivity contribution is -0.145. The lowest BCUT2D eigenvalue weighted by Crippen LogP contribution is -2.35. The molecule has 2 atom stereocenters. The Morgan fingerprint density at radius 1 is 1.12 bits per heavy atom. The van der Waals surface area contributed by atoms with Gasteiger partial charge in [0.25, 0.3) is 0 Å². The Balaban J connectivity index is 0.000000531. The summed E-state index contributed by atoms with van der Waals surface area (Å²) in [6, 6.07) is 10.3. The van der Waals surface area contributed by atoms with Crippen LogP contribution in [0.2, 0.25) is 0 Å². The first kappa shape index (κ1) is 32.1. The maximum atomic E-state index is 13.5. The van der Waals surface area contributed by atoms with Gasteiger partial charge in [0, 0.05) is 37.1 Å². The van der Waals surface area contributed by atoms with Gasteiger partial charge in [-0.3, -0.25) is 9.69 Å². The number of carboxylic acid groups (broad SMARTS) is 2. The van der Waals surface area contributed by atoms with Gasteiger partial charge < -0.3 is 28.9 Å². The van der Waals surface area contributed by atoms with Crippen molar-refractivity contribution >= 4 is 28.9 Å². The van der Waals surface area contributed by atoms with E-state index < -0.39 is 11.9 Å². The van der Waals surface area contributed by atoms with E-state index in [2.05, 4.69) is 10.1 Å². The van der Waals surface area contributed by atoms with E-state index in [0.717, 1.165) is 55.4 Å². The second-order valence-electron chi connectivity index (χ2n) is 9.63. The maximum absolute atomic E-state index is 13.5. The van der Waals surface area contributed by atoms with Crippen LogP contribution in [-0.4, -0.2) is 65.0 Å². The van der Waals surface area contributed by atoms with Gasteiger partial charge >= 0.3 is 17.9 Å². The number of carboxylic acids is 2. The van der Waals surface area contributed by atoms with Crippen LogP contribution in [0.3, 0.4) is 0 Å². The van der Waals surface area contributed by atoms with Gasteiger partial charge in [-0.25, -0.2) is 14.0 Å². The molecule has 2 unspecified atom stereocenters. The van der Waals surface area contributed by atoms with Gasteiger partial charge in [-0.1, -0.05) is 17.6 Å². The highest BCUT2D eigenvalue weighted by Crippen LogP contribution is 2.35. The van der Waals surface area contributed by atoms with Gasteiger partial charge in [-0.15, -0.1) is 0 Å². The number of carbonyl (C=O) groups excluding carboxylic acids is 1. The molecule has 12 heteroatoms. The van der Waals surface area contributed by atoms with Crippen molar-refractivity contribution in [3.05, 3.63) is 65.6 Å². The van der Waals surface area contributed by atoms with Gasteiger partial charge in [-0.05, 0) is 62.6 Å². The lowest BCUT2D eigenvalue weighted by atomic mass is 9.97. The fourth-order valence-corrected chi connectivity index (χ4v) is 4.71. The number of methoxy groups -OCH3 is 1. The Bertz CT molecular complexity index is 1390. The first-order valence-corrected chi connectivity index (χ1v) is 13.5. The number of aliphatic carboxylic acids is 2. The smallest absolute Gasteiger partial charge is 0.328 e. The van der Waals surface area contributed by atoms with Crippen LogP contribution in [0.4, 0.5) is 4.39 Å². The summed E-state index contributed by atoms with van der Waals surface area (Å²) in [5.74, 6) is -1.90. The van der Waals surface area contributed by atoms with E-state index in [-0.39, 0.29) is 23.9 Å². The van der Waals surface area contributed by atoms with Crippen molar-refractivity contribution in [2.75, 3.05) is 26.8 Å². The van der Waals surface area contributed by atoms with Crippen molar-refractivity contribution < 1.29 is 47.7 Å². The molecule has 1 aliphatic rings. The normalized spacial score (nSPS) is 16.0. The van der Waals surface area contributed by atoms with E-state index in [0.29, 0.717) is 35.8 Å². The van der Waals surface area contributed by atoms with Crippen LogP contribution < -0.4 is 9.47 Å². The van der Waals surface area contributed by atoms with E-state index in [4.69, 9.17) is 28.9 Å². The monoisotopic (exact) mass is 586 g/mol. The van der Waals surface area contributed by atoms with Crippen molar-refractivity contribution in [1.82, 2.24) is 10.1 Å². The third kappa shape index (κ3) is 9.30. The Labute approximate surface area is 242 Å². The quantitative estimate of drug-likeness (QED) is 0.171. The van der Waals surface area contributed by atoms with Crippen LogP contribution in [-0.2, 0) is 19.1 Å². The van der Waals surface area contributed by atoms with E-state index in [1.54, 1.807) is 13.2 Å². The average Bonchev–Trinajstić information content (AvgIpc) is 3.37. The SMILES string of the molecule is COc1cc(C(C)OC(C)=O)ccc1OCCCN1CCCCC1c1noc2cc(F)ccc12.O=C(O)C=CC(=O)O. The molecule has 0 spiro atoms. The molecule has 1 aromatic heterocycles. The Hall–Kier alpha value is -4.45. The van der Waals surface area contributed by atoms with E-state index in [1.807, 2.05) is 25.1 Å². The van der Waals surface area contributed by atoms with Crippen LogP contribution in [0.15, 0.2) is 53.1 Å². The average molecular weight is 587 g/mol. The van der Waals surface area contributed by atoms with Gasteiger partial charge in [-0.2, -0.15) is 0 Å². The molecule has 42 heavy (non-hydrogen) atoms. The highest BCUT2D eigenvalue weighted by atomic mass is 19.1. The predicted octanol–water partition coefficient (Wildman–Crippen LogP) is 5.31. The van der Waals surface area contributed by atoms with Gasteiger partial charge in [0.2, 0.25) is 0 Å². The summed E-state index contributed by atoms with van der Waals surface area (Å²) in [7, 11) is 1.59. The summed E-state index contributed by atoms with van der Waals surface area (Å²) < 4.78 is 35.7. The summed E-state index contributed by atoms with van der Waals surface area (Å²) in [4.78, 5) is 32.7. The number of halogens is 1. The van der Waals surface area contributed by atoms with Crippen molar-refractivity contribution in [2.45, 2.75) is 51.7 Å². The minimum absolute atomic E-state index is 0.150. The Kier molecular flexibility index (Phi) is 11.9. The van der Waals surface area contributed by atoms with E-state index in [9.17, 15) is 18.8 Å². The van der Waals surface area contributed by atoms with Crippen molar-refractivity contribution in [1.29, 1.82) is 0 Å². The fourth-order valence-electron chi connectivity index (χ4n) is 4.71. The van der Waals surface area contributed by atoms with Crippen LogP contribution >= 0.6 is 0 Å². The van der Waals surface area contributed by atoms with Gasteiger partial charge in [0.15, 0.2) is 17.1 Å². The Morgan fingerprint density at radius 3 is 2.52 bits per heavy atom. The highest BCUT2D eigenvalue weighted by molar-refractivity contribution is 5.89. The molecule has 2 N–H and O–H groups in total. The number of aromatic nitrogens is 1. The summed E-state index contributed by atoms with van der Waals surface area (Å²) in [6.07, 6.45) is 4.84. The zero-order valence-electron chi connectivity index (χ0n) is 23.7. The number of carbonyl (C=O) groups is 3. The Morgan fingerprint density at radius 2 is 1.86 bits per heavy atom. The maximum Gasteiger partial charge on any atom is 0.328 e. The number of benzene rings is 2. The minimum atomic E-state index is -1.26. The number of nitrogens with zero attached hydrogens (tertiary/aromatic N) is 2. The summed E-state index contributed by atoms with van der Waals surface area (Å²) in [5.41, 5.74) is 2.22. The molecule has 3 aromatic rings. The minimum Gasteiger partial charge on any atom is -0.493 e. The molecule has 0 amide bonds. The number of hydrogen-bond donors (Lipinski definition) is 2. The molecule has 1 fully saturated rings. The third-order valence-electron chi connectivity index (χ3n) is 6.61. The number of hydrogen-bond acceptors (Lipinski definition) is 9. The van der Waals surface area contributed by atoms with Gasteiger partial charge in [0.05, 0.1) is 19.8 Å². The number of rotatable bonds is 11. The summed E-state index contributed by atoms with van der Waals surface area (Å²) >= 11 is 0. The molecule has 4 rings (SSSR count). The topological polar surface area (TPSA) is 149 Å². The second kappa shape index (κ2) is 15.5. The molecule has 2 aromatic carbocycles. The first-order valence-electron chi connectivity index (χ1n) is 13.5. The standard InChI is InChI=1S/C26H31FN2O5.C4H4O4/c1-17(33-18(2)30)19-8-11-23(25(15-19)31-3)32-14-6-13-29-12-5-4-7-22(29)26-21-10-9-20(27)16-24(21)34-28-26;5-3(6)1-2-4(7)8/h8-11,15-17,22H,4-7,12-14H2,1-3H3;1-2H,(H,5,6)(H,7,8). The van der Waals surface area contributed by atoms with Crippen LogP contribution in [0.1, 0.15) is 62.9 Å². The van der Waals surface area contributed by atoms with Gasteiger partial charge in [0.1, 0.15) is 17.6 Å². The third-order valence-corrected chi connectivity index (χ3v) is 6.61. The zero-order chi connectivity index (χ0) is 30.6. The van der Waals surface area contributed by atoms with Crippen molar-refractivity contribution in [3.63, 3.8) is 0 Å². The molecule has 11 nitrogen and oxygen atoms in total. The first-order chi connectivity index (χ1) is 20.1. The molecular weight excluding hydrogens is 551 g/mol. The number of esters is 1. The van der Waals surface area contributed by atoms with Crippen molar-refractivity contribution in [2.24, 2.45) is 0 Å². The number of likely N-dealkylation sites (tertiary alicyclic amines) is 1. The van der Waals surface area contributed by atoms with Crippen molar-refractivity contribution in [3.8, 4) is 11.5 Å². The predicted molar refractivity (Wildman–Crippen MR) is 150 cm³/mol. The molecule has 1 aliphatic heterocycles. The van der Waals surface area contributed by atoms with Crippen LogP contribution in [0, 0.1) is 5.82 Å². The highest BCUT2D eigenvalue weighted by Gasteiger charge is 2.28. The lowest BCUT2D eigenvalue weighted by Gasteiger charge is -2.34. The second-order valence-corrected chi connectivity index (χ2v) is 9.63. The molecule has 2 heterocycles. The largest absolute Gasteiger partial charge is 0.493 e. The molecule has 0 radical (unpaired) electrons. The van der Waals surface area contributed by atoms with E-state index >= 15 is 0 Å². The molecule has 0 saturated carbocycles. The number of fused-ring (bicyclic) bond motifs is 1. The molecule has 1 saturated heterocycles. The number of piperidine rings is 1. The molecular formula is C30H35FN2O9. The molecule has 0 aliphatic carbocycles. The molecule has 226 valence electrons. The van der Waals surface area contributed by atoms with Crippen LogP contribution in [0.5, 0.6) is 11.5 Å². The zero-order valence-corrected chi connectivity index (χ0v) is 23.7.